The molecule has 1 aromatic heterocycles. The summed E-state index contributed by atoms with van der Waals surface area (Å²) in [7, 11) is 1.64. The predicted octanol–water partition coefficient (Wildman–Crippen LogP) is 3.23. The van der Waals surface area contributed by atoms with Gasteiger partial charge in [-0.3, -0.25) is 14.3 Å². The van der Waals surface area contributed by atoms with Crippen LogP contribution in [0.5, 0.6) is 5.75 Å². The number of fused-ring (bicyclic) bond motifs is 1. The van der Waals surface area contributed by atoms with Crippen LogP contribution in [-0.4, -0.2) is 33.7 Å². The Labute approximate surface area is 169 Å². The van der Waals surface area contributed by atoms with Gasteiger partial charge in [-0.05, 0) is 55.5 Å². The van der Waals surface area contributed by atoms with E-state index in [2.05, 4.69) is 12.0 Å². The van der Waals surface area contributed by atoms with Gasteiger partial charge in [0.15, 0.2) is 0 Å². The third-order valence-corrected chi connectivity index (χ3v) is 5.68. The van der Waals surface area contributed by atoms with Crippen molar-refractivity contribution in [2.24, 2.45) is 5.92 Å². The van der Waals surface area contributed by atoms with E-state index in [9.17, 15) is 9.59 Å². The molecule has 1 unspecified atom stereocenters. The van der Waals surface area contributed by atoms with Gasteiger partial charge in [0.1, 0.15) is 12.3 Å². The second kappa shape index (κ2) is 8.07. The number of hydrogen-bond donors (Lipinski definition) is 0. The highest BCUT2D eigenvalue weighted by Crippen LogP contribution is 2.36. The van der Waals surface area contributed by atoms with E-state index in [0.717, 1.165) is 24.2 Å². The third-order valence-electron chi connectivity index (χ3n) is 5.68. The van der Waals surface area contributed by atoms with Gasteiger partial charge >= 0.3 is 0 Å². The third kappa shape index (κ3) is 4.16. The van der Waals surface area contributed by atoms with Crippen molar-refractivity contribution in [2.45, 2.75) is 38.9 Å². The number of methoxy groups -OCH3 is 1. The molecule has 0 saturated heterocycles. The number of carbonyl (C=O) groups excluding carboxylic acids is 1. The zero-order valence-corrected chi connectivity index (χ0v) is 16.7. The Morgan fingerprint density at radius 2 is 1.93 bits per heavy atom. The fourth-order valence-corrected chi connectivity index (χ4v) is 3.73. The van der Waals surface area contributed by atoms with E-state index in [1.807, 2.05) is 47.4 Å². The Balaban J connectivity index is 1.60. The summed E-state index contributed by atoms with van der Waals surface area (Å²) in [5.74, 6) is 1.35. The standard InChI is InChI=1S/C23H25N3O3/c1-16(18-9-10-18)25(14-17-7-11-19(29-2)12-8-17)23(28)15-26-21-6-4-3-5-20(21)22(27)13-24-26/h3-8,11-13,16,18H,9-10,14-15H2,1-2H3. The Kier molecular flexibility index (Phi) is 5.34. The van der Waals surface area contributed by atoms with Crippen LogP contribution in [0.1, 0.15) is 25.3 Å². The molecule has 29 heavy (non-hydrogen) atoms. The lowest BCUT2D eigenvalue weighted by Gasteiger charge is -2.30. The highest BCUT2D eigenvalue weighted by atomic mass is 16.5. The molecule has 6 nitrogen and oxygen atoms in total. The molecule has 3 aromatic rings. The van der Waals surface area contributed by atoms with Crippen LogP contribution in [0.25, 0.3) is 10.9 Å². The summed E-state index contributed by atoms with van der Waals surface area (Å²) in [6.07, 6.45) is 3.60. The largest absolute Gasteiger partial charge is 0.497 e. The van der Waals surface area contributed by atoms with Crippen molar-refractivity contribution in [3.8, 4) is 5.75 Å². The van der Waals surface area contributed by atoms with E-state index in [-0.39, 0.29) is 23.9 Å². The maximum absolute atomic E-state index is 13.3. The van der Waals surface area contributed by atoms with E-state index in [0.29, 0.717) is 23.4 Å². The Hall–Kier alpha value is -3.15. The first-order valence-electron chi connectivity index (χ1n) is 9.94. The molecule has 0 radical (unpaired) electrons. The normalized spacial score (nSPS) is 14.6. The van der Waals surface area contributed by atoms with Crippen molar-refractivity contribution in [3.63, 3.8) is 0 Å². The minimum absolute atomic E-state index is 0.00141. The van der Waals surface area contributed by atoms with Crippen LogP contribution < -0.4 is 10.2 Å². The fraction of sp³-hybridized carbons (Fsp3) is 0.348. The minimum Gasteiger partial charge on any atom is -0.497 e. The molecule has 0 aliphatic heterocycles. The van der Waals surface area contributed by atoms with Crippen LogP contribution in [-0.2, 0) is 17.9 Å². The van der Waals surface area contributed by atoms with Crippen molar-refractivity contribution in [3.05, 3.63) is 70.5 Å². The highest BCUT2D eigenvalue weighted by Gasteiger charge is 2.34. The molecule has 2 aromatic carbocycles. The molecular weight excluding hydrogens is 366 g/mol. The van der Waals surface area contributed by atoms with Crippen molar-refractivity contribution < 1.29 is 9.53 Å². The fourth-order valence-electron chi connectivity index (χ4n) is 3.73. The maximum atomic E-state index is 13.3. The first-order chi connectivity index (χ1) is 14.1. The number of ether oxygens (including phenoxy) is 1. The van der Waals surface area contributed by atoms with Gasteiger partial charge in [-0.1, -0.05) is 24.3 Å². The summed E-state index contributed by atoms with van der Waals surface area (Å²) in [5, 5.41) is 4.79. The second-order valence-corrected chi connectivity index (χ2v) is 7.63. The Morgan fingerprint density at radius 1 is 1.21 bits per heavy atom. The van der Waals surface area contributed by atoms with Crippen LogP contribution >= 0.6 is 0 Å². The minimum atomic E-state index is -0.134. The number of carbonyl (C=O) groups is 1. The lowest BCUT2D eigenvalue weighted by Crippen LogP contribution is -2.41. The predicted molar refractivity (Wildman–Crippen MR) is 112 cm³/mol. The monoisotopic (exact) mass is 391 g/mol. The summed E-state index contributed by atoms with van der Waals surface area (Å²) < 4.78 is 6.85. The number of para-hydroxylation sites is 1. The van der Waals surface area contributed by atoms with Gasteiger partial charge in [-0.15, -0.1) is 0 Å². The van der Waals surface area contributed by atoms with Gasteiger partial charge in [0.05, 0.1) is 18.8 Å². The number of amides is 1. The van der Waals surface area contributed by atoms with Crippen LogP contribution in [0.3, 0.4) is 0 Å². The molecule has 1 fully saturated rings. The van der Waals surface area contributed by atoms with Gasteiger partial charge in [0.25, 0.3) is 0 Å². The van der Waals surface area contributed by atoms with Gasteiger partial charge < -0.3 is 9.64 Å². The second-order valence-electron chi connectivity index (χ2n) is 7.63. The van der Waals surface area contributed by atoms with Crippen molar-refractivity contribution in [2.75, 3.05) is 7.11 Å². The average Bonchev–Trinajstić information content (AvgIpc) is 3.59. The summed E-state index contributed by atoms with van der Waals surface area (Å²) in [5.41, 5.74) is 1.60. The molecule has 0 spiro atoms. The molecule has 1 aliphatic carbocycles. The summed E-state index contributed by atoms with van der Waals surface area (Å²) in [6.45, 7) is 2.77. The number of aromatic nitrogens is 2. The van der Waals surface area contributed by atoms with Crippen LogP contribution in [0.4, 0.5) is 0 Å². The molecule has 6 heteroatoms. The number of hydrogen-bond acceptors (Lipinski definition) is 4. The van der Waals surface area contributed by atoms with E-state index < -0.39 is 0 Å². The highest BCUT2D eigenvalue weighted by molar-refractivity contribution is 5.81. The van der Waals surface area contributed by atoms with Crippen LogP contribution in [0.2, 0.25) is 0 Å². The molecule has 1 heterocycles. The molecule has 4 rings (SSSR count). The smallest absolute Gasteiger partial charge is 0.244 e. The number of benzene rings is 2. The van der Waals surface area contributed by atoms with E-state index in [1.54, 1.807) is 17.9 Å². The first-order valence-corrected chi connectivity index (χ1v) is 9.94. The van der Waals surface area contributed by atoms with Gasteiger partial charge in [-0.25, -0.2) is 0 Å². The molecule has 1 aliphatic rings. The van der Waals surface area contributed by atoms with Gasteiger partial charge in [-0.2, -0.15) is 5.10 Å². The molecular formula is C23H25N3O3. The summed E-state index contributed by atoms with van der Waals surface area (Å²) >= 11 is 0. The van der Waals surface area contributed by atoms with E-state index in [1.165, 1.54) is 6.20 Å². The SMILES string of the molecule is COc1ccc(CN(C(=O)Cn2ncc(=O)c3ccccc32)C(C)C2CC2)cc1. The quantitative estimate of drug-likeness (QED) is 0.620. The zero-order chi connectivity index (χ0) is 20.4. The van der Waals surface area contributed by atoms with Gasteiger partial charge in [0, 0.05) is 18.0 Å². The Morgan fingerprint density at radius 3 is 2.62 bits per heavy atom. The average molecular weight is 391 g/mol. The number of rotatable bonds is 7. The topological polar surface area (TPSA) is 64.4 Å². The lowest BCUT2D eigenvalue weighted by molar-refractivity contribution is -0.135. The van der Waals surface area contributed by atoms with Crippen molar-refractivity contribution in [1.82, 2.24) is 14.7 Å². The summed E-state index contributed by atoms with van der Waals surface area (Å²) in [6, 6.07) is 15.2. The van der Waals surface area contributed by atoms with E-state index in [4.69, 9.17) is 4.74 Å². The van der Waals surface area contributed by atoms with Crippen molar-refractivity contribution >= 4 is 16.8 Å². The zero-order valence-electron chi connectivity index (χ0n) is 16.7. The summed E-state index contributed by atoms with van der Waals surface area (Å²) in [4.78, 5) is 27.3. The first kappa shape index (κ1) is 19.2. The van der Waals surface area contributed by atoms with Crippen LogP contribution in [0.15, 0.2) is 59.5 Å². The molecule has 1 atom stereocenters. The molecule has 1 amide bonds. The molecule has 0 N–H and O–H groups in total. The van der Waals surface area contributed by atoms with Gasteiger partial charge in [0.2, 0.25) is 11.3 Å². The molecule has 1 saturated carbocycles. The van der Waals surface area contributed by atoms with E-state index >= 15 is 0 Å². The molecule has 0 bridgehead atoms. The number of nitrogens with zero attached hydrogens (tertiary/aromatic N) is 3. The van der Waals surface area contributed by atoms with Crippen LogP contribution in [0, 0.1) is 5.92 Å². The lowest BCUT2D eigenvalue weighted by atomic mass is 10.1. The Bertz CT molecular complexity index is 1070. The molecule has 150 valence electrons. The maximum Gasteiger partial charge on any atom is 0.244 e. The van der Waals surface area contributed by atoms with Crippen molar-refractivity contribution in [1.29, 1.82) is 0 Å².